The third kappa shape index (κ3) is 8.49. The Kier molecular flexibility index (Phi) is 7.08. The largest absolute Gasteiger partial charge is 0.444 e. The zero-order valence-corrected chi connectivity index (χ0v) is 10.3. The summed E-state index contributed by atoms with van der Waals surface area (Å²) < 4.78 is 5.09. The highest BCUT2D eigenvalue weighted by atomic mass is 16.6. The van der Waals surface area contributed by atoms with Gasteiger partial charge in [-0.1, -0.05) is 0 Å². The molecule has 5 nitrogen and oxygen atoms in total. The lowest BCUT2D eigenvalue weighted by atomic mass is 9.93. The van der Waals surface area contributed by atoms with Crippen LogP contribution in [0.1, 0.15) is 40.0 Å². The Hall–Kier alpha value is -0.810. The summed E-state index contributed by atoms with van der Waals surface area (Å²) in [5, 5.41) is 18.1. The number of amides is 1. The number of alkyl carbamates (subject to hydrolysis) is 1. The Morgan fingerprint density at radius 2 is 1.81 bits per heavy atom. The third-order valence-corrected chi connectivity index (χ3v) is 1.93. The van der Waals surface area contributed by atoms with Crippen molar-refractivity contribution in [3.05, 3.63) is 0 Å². The lowest BCUT2D eigenvalue weighted by Gasteiger charge is -2.28. The maximum absolute atomic E-state index is 11.1. The average molecular weight is 233 g/mol. The smallest absolute Gasteiger partial charge is 0.407 e. The lowest BCUT2D eigenvalue weighted by molar-refractivity contribution is 0.0480. The van der Waals surface area contributed by atoms with Crippen LogP contribution in [-0.2, 0) is 4.74 Å². The summed E-state index contributed by atoms with van der Waals surface area (Å²) in [7, 11) is 0. The Bertz CT molecular complexity index is 195. The van der Waals surface area contributed by atoms with Crippen LogP contribution in [0.15, 0.2) is 0 Å². The molecule has 0 spiro atoms. The minimum absolute atomic E-state index is 0.125. The summed E-state index contributed by atoms with van der Waals surface area (Å²) in [4.78, 5) is 11.1. The van der Waals surface area contributed by atoms with Crippen molar-refractivity contribution in [2.24, 2.45) is 0 Å². The van der Waals surface area contributed by atoms with Crippen molar-refractivity contribution in [1.82, 2.24) is 5.32 Å². The number of rotatable bonds is 2. The monoisotopic (exact) mass is 233 g/mol. The Morgan fingerprint density at radius 1 is 1.31 bits per heavy atom. The molecule has 0 unspecified atom stereocenters. The number of aliphatic hydroxyl groups excluding tert-OH is 2. The van der Waals surface area contributed by atoms with Gasteiger partial charge in [0.1, 0.15) is 5.60 Å². The molecule has 1 aliphatic carbocycles. The molecule has 0 atom stereocenters. The van der Waals surface area contributed by atoms with Crippen LogP contribution in [-0.4, -0.2) is 41.2 Å². The van der Waals surface area contributed by atoms with E-state index in [-0.39, 0.29) is 24.9 Å². The molecular formula is C11H23NO4. The second-order valence-electron chi connectivity index (χ2n) is 4.72. The summed E-state index contributed by atoms with van der Waals surface area (Å²) >= 11 is 0. The van der Waals surface area contributed by atoms with Crippen molar-refractivity contribution in [2.45, 2.75) is 51.7 Å². The van der Waals surface area contributed by atoms with Crippen molar-refractivity contribution < 1.29 is 19.7 Å². The number of aliphatic hydroxyl groups is 2. The first-order valence-corrected chi connectivity index (χ1v) is 5.60. The summed E-state index contributed by atoms with van der Waals surface area (Å²) in [6.07, 6.45) is 3.13. The number of hydrogen-bond donors (Lipinski definition) is 3. The van der Waals surface area contributed by atoms with Crippen molar-refractivity contribution in [3.8, 4) is 0 Å². The highest BCUT2D eigenvalue weighted by Gasteiger charge is 2.22. The molecular weight excluding hydrogens is 210 g/mol. The number of carbonyl (C=O) groups excluding carboxylic acids is 1. The standard InChI is InChI=1S/C9H17NO2.C2H6O2/c1-9(2,3)12-8(11)10-7-5-4-6-7;3-1-2-4/h7H,4-6H2,1-3H3,(H,10,11);3-4H,1-2H2. The molecule has 0 aromatic heterocycles. The molecule has 1 rings (SSSR count). The van der Waals surface area contributed by atoms with Gasteiger partial charge in [0, 0.05) is 6.04 Å². The first-order valence-electron chi connectivity index (χ1n) is 5.60. The van der Waals surface area contributed by atoms with Crippen LogP contribution >= 0.6 is 0 Å². The van der Waals surface area contributed by atoms with Gasteiger partial charge in [-0.3, -0.25) is 0 Å². The summed E-state index contributed by atoms with van der Waals surface area (Å²) in [5.74, 6) is 0. The van der Waals surface area contributed by atoms with E-state index in [9.17, 15) is 4.79 Å². The van der Waals surface area contributed by atoms with Gasteiger partial charge in [-0.2, -0.15) is 0 Å². The molecule has 5 heteroatoms. The molecule has 0 radical (unpaired) electrons. The average Bonchev–Trinajstić information content (AvgIpc) is 2.09. The summed E-state index contributed by atoms with van der Waals surface area (Å²) in [6.45, 7) is 5.36. The van der Waals surface area contributed by atoms with Gasteiger partial charge in [0.15, 0.2) is 0 Å². The van der Waals surface area contributed by atoms with Gasteiger partial charge in [0.25, 0.3) is 0 Å². The normalized spacial score (nSPS) is 15.6. The van der Waals surface area contributed by atoms with E-state index < -0.39 is 0 Å². The van der Waals surface area contributed by atoms with Gasteiger partial charge in [-0.15, -0.1) is 0 Å². The molecule has 1 aliphatic rings. The first kappa shape index (κ1) is 15.2. The van der Waals surface area contributed by atoms with Crippen LogP contribution in [0.2, 0.25) is 0 Å². The van der Waals surface area contributed by atoms with Crippen LogP contribution in [0.3, 0.4) is 0 Å². The van der Waals surface area contributed by atoms with Gasteiger partial charge >= 0.3 is 6.09 Å². The number of carbonyl (C=O) groups is 1. The van der Waals surface area contributed by atoms with E-state index in [4.69, 9.17) is 14.9 Å². The fourth-order valence-corrected chi connectivity index (χ4v) is 1.03. The quantitative estimate of drug-likeness (QED) is 0.665. The molecule has 0 aliphatic heterocycles. The molecule has 3 N–H and O–H groups in total. The van der Waals surface area contributed by atoms with Gasteiger partial charge in [0.2, 0.25) is 0 Å². The van der Waals surface area contributed by atoms with E-state index in [2.05, 4.69) is 5.32 Å². The predicted octanol–water partition coefficient (Wildman–Crippen LogP) is 1.03. The minimum Gasteiger partial charge on any atom is -0.444 e. The molecule has 0 aromatic carbocycles. The molecule has 1 amide bonds. The molecule has 1 fully saturated rings. The molecule has 0 heterocycles. The highest BCUT2D eigenvalue weighted by Crippen LogP contribution is 2.18. The SMILES string of the molecule is CC(C)(C)OC(=O)NC1CCC1.OCCO. The number of nitrogens with one attached hydrogen (secondary N) is 1. The lowest BCUT2D eigenvalue weighted by Crippen LogP contribution is -2.42. The van der Waals surface area contributed by atoms with Crippen LogP contribution in [0, 0.1) is 0 Å². The van der Waals surface area contributed by atoms with Crippen LogP contribution in [0.5, 0.6) is 0 Å². The maximum atomic E-state index is 11.1. The van der Waals surface area contributed by atoms with E-state index in [0.717, 1.165) is 12.8 Å². The summed E-state index contributed by atoms with van der Waals surface area (Å²) in [6, 6.07) is 0.361. The van der Waals surface area contributed by atoms with Crippen LogP contribution in [0.25, 0.3) is 0 Å². The Balaban J connectivity index is 0.000000487. The van der Waals surface area contributed by atoms with Gasteiger partial charge in [0.05, 0.1) is 13.2 Å². The Labute approximate surface area is 96.8 Å². The zero-order valence-electron chi connectivity index (χ0n) is 10.3. The molecule has 16 heavy (non-hydrogen) atoms. The second kappa shape index (κ2) is 7.46. The fourth-order valence-electron chi connectivity index (χ4n) is 1.03. The minimum atomic E-state index is -0.381. The molecule has 1 saturated carbocycles. The Morgan fingerprint density at radius 3 is 2.06 bits per heavy atom. The van der Waals surface area contributed by atoms with E-state index in [1.807, 2.05) is 20.8 Å². The second-order valence-corrected chi connectivity index (χ2v) is 4.72. The molecule has 96 valence electrons. The predicted molar refractivity (Wildman–Crippen MR) is 61.2 cm³/mol. The highest BCUT2D eigenvalue weighted by molar-refractivity contribution is 5.68. The zero-order chi connectivity index (χ0) is 12.6. The van der Waals surface area contributed by atoms with E-state index in [1.165, 1.54) is 6.42 Å². The molecule has 0 bridgehead atoms. The van der Waals surface area contributed by atoms with Crippen LogP contribution < -0.4 is 5.32 Å². The van der Waals surface area contributed by atoms with Gasteiger partial charge in [-0.25, -0.2) is 4.79 Å². The van der Waals surface area contributed by atoms with Gasteiger partial charge < -0.3 is 20.3 Å². The topological polar surface area (TPSA) is 78.8 Å². The van der Waals surface area contributed by atoms with Crippen molar-refractivity contribution in [3.63, 3.8) is 0 Å². The molecule has 0 saturated heterocycles. The van der Waals surface area contributed by atoms with E-state index in [1.54, 1.807) is 0 Å². The molecule has 0 aromatic rings. The summed E-state index contributed by atoms with van der Waals surface area (Å²) in [5.41, 5.74) is -0.381. The fraction of sp³-hybridized carbons (Fsp3) is 0.909. The third-order valence-electron chi connectivity index (χ3n) is 1.93. The first-order chi connectivity index (χ1) is 7.39. The van der Waals surface area contributed by atoms with E-state index in [0.29, 0.717) is 6.04 Å². The number of ether oxygens (including phenoxy) is 1. The van der Waals surface area contributed by atoms with Crippen molar-refractivity contribution in [1.29, 1.82) is 0 Å². The van der Waals surface area contributed by atoms with Gasteiger partial charge in [-0.05, 0) is 40.0 Å². The van der Waals surface area contributed by atoms with E-state index >= 15 is 0 Å². The maximum Gasteiger partial charge on any atom is 0.407 e. The van der Waals surface area contributed by atoms with Crippen molar-refractivity contribution >= 4 is 6.09 Å². The van der Waals surface area contributed by atoms with Crippen LogP contribution in [0.4, 0.5) is 4.79 Å². The van der Waals surface area contributed by atoms with Crippen molar-refractivity contribution in [2.75, 3.05) is 13.2 Å². The number of hydrogen-bond acceptors (Lipinski definition) is 4.